The number of carbonyl (C=O) groups is 1. The minimum Gasteiger partial charge on any atom is -0.496 e. The molecule has 0 spiro atoms. The lowest BCUT2D eigenvalue weighted by molar-refractivity contribution is -0.116. The average Bonchev–Trinajstić information content (AvgIpc) is 2.68. The maximum atomic E-state index is 12.0. The number of aliphatic imine (C=N–C) groups is 1. The molecule has 0 aliphatic carbocycles. The molecule has 2 aromatic carbocycles. The molecule has 0 atom stereocenters. The number of hydrogen-bond acceptors (Lipinski definition) is 3. The number of ether oxygens (including phenoxy) is 1. The largest absolute Gasteiger partial charge is 0.496 e. The highest BCUT2D eigenvalue weighted by Gasteiger charge is 2.07. The summed E-state index contributed by atoms with van der Waals surface area (Å²) in [6, 6.07) is 14.0. The zero-order valence-electron chi connectivity index (χ0n) is 18.4. The number of methoxy groups -OCH3 is 1. The molecule has 0 heterocycles. The first-order chi connectivity index (χ1) is 13.9. The summed E-state index contributed by atoms with van der Waals surface area (Å²) in [7, 11) is 3.42. The number of anilines is 1. The topological polar surface area (TPSA) is 74.8 Å². The zero-order valence-corrected chi connectivity index (χ0v) is 20.7. The molecule has 3 N–H and O–H groups in total. The SMILES string of the molecule is CN=C(NCc1cccc(NC(=O)CC(C)C)c1)NCc1ccc(C)cc1OC.I. The van der Waals surface area contributed by atoms with Crippen LogP contribution in [0, 0.1) is 12.8 Å². The van der Waals surface area contributed by atoms with Gasteiger partial charge >= 0.3 is 0 Å². The van der Waals surface area contributed by atoms with Gasteiger partial charge in [-0.3, -0.25) is 9.79 Å². The summed E-state index contributed by atoms with van der Waals surface area (Å²) in [6.45, 7) is 7.31. The van der Waals surface area contributed by atoms with E-state index in [1.54, 1.807) is 14.2 Å². The molecule has 7 heteroatoms. The van der Waals surface area contributed by atoms with Gasteiger partial charge in [0.2, 0.25) is 5.91 Å². The Morgan fingerprint density at radius 2 is 1.83 bits per heavy atom. The zero-order chi connectivity index (χ0) is 21.2. The lowest BCUT2D eigenvalue weighted by Crippen LogP contribution is -2.36. The third-order valence-corrected chi connectivity index (χ3v) is 4.38. The van der Waals surface area contributed by atoms with Crippen molar-refractivity contribution in [3.05, 3.63) is 59.2 Å². The lowest BCUT2D eigenvalue weighted by atomic mass is 10.1. The highest BCUT2D eigenvalue weighted by molar-refractivity contribution is 14.0. The van der Waals surface area contributed by atoms with Crippen molar-refractivity contribution in [2.75, 3.05) is 19.5 Å². The molecule has 0 bridgehead atoms. The van der Waals surface area contributed by atoms with Crippen molar-refractivity contribution in [3.8, 4) is 5.75 Å². The van der Waals surface area contributed by atoms with Gasteiger partial charge < -0.3 is 20.7 Å². The smallest absolute Gasteiger partial charge is 0.224 e. The second-order valence-corrected chi connectivity index (χ2v) is 7.44. The molecule has 0 fully saturated rings. The molecule has 0 aliphatic rings. The summed E-state index contributed by atoms with van der Waals surface area (Å²) in [5.74, 6) is 1.93. The molecule has 2 aromatic rings. The highest BCUT2D eigenvalue weighted by Crippen LogP contribution is 2.19. The standard InChI is InChI=1S/C23H32N4O2.HI/c1-16(2)11-22(28)27-20-8-6-7-18(13-20)14-25-23(24-4)26-15-19-10-9-17(3)12-21(19)29-5;/h6-10,12-13,16H,11,14-15H2,1-5H3,(H,27,28)(H2,24,25,26);1H. The van der Waals surface area contributed by atoms with Crippen LogP contribution in [0.1, 0.15) is 37.0 Å². The Labute approximate surface area is 196 Å². The lowest BCUT2D eigenvalue weighted by Gasteiger charge is -2.15. The number of hydrogen-bond donors (Lipinski definition) is 3. The molecular formula is C23H33IN4O2. The Morgan fingerprint density at radius 1 is 1.10 bits per heavy atom. The summed E-state index contributed by atoms with van der Waals surface area (Å²) in [5.41, 5.74) is 4.09. The van der Waals surface area contributed by atoms with Crippen LogP contribution in [0.25, 0.3) is 0 Å². The predicted octanol–water partition coefficient (Wildman–Crippen LogP) is 4.47. The van der Waals surface area contributed by atoms with E-state index in [2.05, 4.69) is 33.1 Å². The molecule has 1 amide bonds. The molecule has 164 valence electrons. The van der Waals surface area contributed by atoms with Crippen LogP contribution >= 0.6 is 24.0 Å². The quantitative estimate of drug-likeness (QED) is 0.271. The molecular weight excluding hydrogens is 491 g/mol. The number of nitrogens with zero attached hydrogens (tertiary/aromatic N) is 1. The first-order valence-corrected chi connectivity index (χ1v) is 9.88. The van der Waals surface area contributed by atoms with Gasteiger partial charge in [0.25, 0.3) is 0 Å². The molecule has 30 heavy (non-hydrogen) atoms. The number of aryl methyl sites for hydroxylation is 1. The van der Waals surface area contributed by atoms with Gasteiger partial charge in [-0.2, -0.15) is 0 Å². The van der Waals surface area contributed by atoms with Crippen LogP contribution in [0.2, 0.25) is 0 Å². The number of amides is 1. The van der Waals surface area contributed by atoms with E-state index >= 15 is 0 Å². The van der Waals surface area contributed by atoms with Crippen LogP contribution in [0.15, 0.2) is 47.5 Å². The van der Waals surface area contributed by atoms with E-state index in [1.807, 2.05) is 51.1 Å². The Kier molecular flexibility index (Phi) is 11.2. The third kappa shape index (κ3) is 8.61. The molecule has 6 nitrogen and oxygen atoms in total. The van der Waals surface area contributed by atoms with Gasteiger partial charge in [-0.25, -0.2) is 0 Å². The minimum absolute atomic E-state index is 0. The van der Waals surface area contributed by atoms with Gasteiger partial charge in [-0.1, -0.05) is 38.1 Å². The molecule has 0 unspecified atom stereocenters. The van der Waals surface area contributed by atoms with Crippen molar-refractivity contribution in [1.82, 2.24) is 10.6 Å². The Balaban J connectivity index is 0.00000450. The van der Waals surface area contributed by atoms with Crippen molar-refractivity contribution in [2.45, 2.75) is 40.3 Å². The molecule has 0 saturated heterocycles. The number of rotatable bonds is 8. The van der Waals surface area contributed by atoms with E-state index in [0.29, 0.717) is 31.4 Å². The number of benzene rings is 2. The monoisotopic (exact) mass is 524 g/mol. The number of halogens is 1. The molecule has 2 rings (SSSR count). The van der Waals surface area contributed by atoms with E-state index in [-0.39, 0.29) is 29.9 Å². The van der Waals surface area contributed by atoms with Crippen LogP contribution in [-0.2, 0) is 17.9 Å². The van der Waals surface area contributed by atoms with E-state index in [4.69, 9.17) is 4.74 Å². The van der Waals surface area contributed by atoms with Gasteiger partial charge in [-0.15, -0.1) is 24.0 Å². The average molecular weight is 524 g/mol. The van der Waals surface area contributed by atoms with E-state index < -0.39 is 0 Å². The van der Waals surface area contributed by atoms with Gasteiger partial charge in [0.15, 0.2) is 5.96 Å². The summed E-state index contributed by atoms with van der Waals surface area (Å²) in [4.78, 5) is 16.3. The normalized spacial score (nSPS) is 10.9. The second kappa shape index (κ2) is 13.1. The summed E-state index contributed by atoms with van der Waals surface area (Å²) < 4.78 is 5.46. The van der Waals surface area contributed by atoms with Crippen molar-refractivity contribution < 1.29 is 9.53 Å². The van der Waals surface area contributed by atoms with Gasteiger partial charge in [-0.05, 0) is 42.2 Å². The van der Waals surface area contributed by atoms with Crippen molar-refractivity contribution >= 4 is 41.5 Å². The summed E-state index contributed by atoms with van der Waals surface area (Å²) in [6.07, 6.45) is 0.515. The van der Waals surface area contributed by atoms with E-state index in [9.17, 15) is 4.79 Å². The van der Waals surface area contributed by atoms with Crippen LogP contribution < -0.4 is 20.7 Å². The summed E-state index contributed by atoms with van der Waals surface area (Å²) in [5, 5.41) is 9.56. The maximum absolute atomic E-state index is 12.0. The summed E-state index contributed by atoms with van der Waals surface area (Å²) >= 11 is 0. The fourth-order valence-corrected chi connectivity index (χ4v) is 2.93. The van der Waals surface area contributed by atoms with Crippen molar-refractivity contribution in [3.63, 3.8) is 0 Å². The minimum atomic E-state index is 0. The van der Waals surface area contributed by atoms with Crippen LogP contribution in [0.5, 0.6) is 5.75 Å². The Hall–Kier alpha value is -2.29. The van der Waals surface area contributed by atoms with Gasteiger partial charge in [0.1, 0.15) is 5.75 Å². The third-order valence-electron chi connectivity index (χ3n) is 4.38. The van der Waals surface area contributed by atoms with Crippen LogP contribution in [-0.4, -0.2) is 26.0 Å². The van der Waals surface area contributed by atoms with Gasteiger partial charge in [0.05, 0.1) is 7.11 Å². The van der Waals surface area contributed by atoms with Gasteiger partial charge in [0, 0.05) is 37.8 Å². The first kappa shape index (κ1) is 25.7. The fourth-order valence-electron chi connectivity index (χ4n) is 2.93. The Bertz CT molecular complexity index is 853. The van der Waals surface area contributed by atoms with Crippen LogP contribution in [0.4, 0.5) is 5.69 Å². The number of guanidine groups is 1. The van der Waals surface area contributed by atoms with Crippen molar-refractivity contribution in [1.29, 1.82) is 0 Å². The second-order valence-electron chi connectivity index (χ2n) is 7.44. The fraction of sp³-hybridized carbons (Fsp3) is 0.391. The Morgan fingerprint density at radius 3 is 2.50 bits per heavy atom. The number of carbonyl (C=O) groups excluding carboxylic acids is 1. The molecule has 0 saturated carbocycles. The van der Waals surface area contributed by atoms with E-state index in [0.717, 1.165) is 28.1 Å². The van der Waals surface area contributed by atoms with Crippen molar-refractivity contribution in [2.24, 2.45) is 10.9 Å². The predicted molar refractivity (Wildman–Crippen MR) is 135 cm³/mol. The molecule has 0 aliphatic heterocycles. The van der Waals surface area contributed by atoms with Crippen LogP contribution in [0.3, 0.4) is 0 Å². The highest BCUT2D eigenvalue weighted by atomic mass is 127. The molecule has 0 aromatic heterocycles. The number of nitrogens with one attached hydrogen (secondary N) is 3. The first-order valence-electron chi connectivity index (χ1n) is 9.88. The maximum Gasteiger partial charge on any atom is 0.224 e. The molecule has 0 radical (unpaired) electrons. The van der Waals surface area contributed by atoms with E-state index in [1.165, 1.54) is 0 Å².